The number of sulfonamides is 1. The van der Waals surface area contributed by atoms with E-state index in [1.54, 1.807) is 18.3 Å². The Morgan fingerprint density at radius 2 is 1.79 bits per heavy atom. The summed E-state index contributed by atoms with van der Waals surface area (Å²) in [6.45, 7) is 1.35. The second kappa shape index (κ2) is 7.31. The maximum Gasteiger partial charge on any atom is 0.244 e. The molecule has 1 amide bonds. The number of benzene rings is 1. The first kappa shape index (κ1) is 17.7. The van der Waals surface area contributed by atoms with Gasteiger partial charge in [-0.2, -0.15) is 0 Å². The van der Waals surface area contributed by atoms with E-state index in [9.17, 15) is 13.2 Å². The van der Waals surface area contributed by atoms with Crippen LogP contribution in [0.25, 0.3) is 0 Å². The molecule has 1 aromatic heterocycles. The smallest absolute Gasteiger partial charge is 0.244 e. The number of para-hydroxylation sites is 1. The van der Waals surface area contributed by atoms with Crippen LogP contribution in [0.2, 0.25) is 0 Å². The number of carbonyl (C=O) groups excluding carboxylic acids is 1. The van der Waals surface area contributed by atoms with Crippen LogP contribution in [0.3, 0.4) is 0 Å². The monoisotopic (exact) mass is 348 g/mol. The zero-order chi connectivity index (χ0) is 17.7. The van der Waals surface area contributed by atoms with Crippen LogP contribution in [0.4, 0.5) is 17.2 Å². The lowest BCUT2D eigenvalue weighted by Crippen LogP contribution is -2.39. The van der Waals surface area contributed by atoms with E-state index in [2.05, 4.69) is 15.0 Å². The number of nitrogens with zero attached hydrogens (tertiary/aromatic N) is 2. The molecule has 2 N–H and O–H groups in total. The van der Waals surface area contributed by atoms with E-state index in [-0.39, 0.29) is 5.69 Å². The van der Waals surface area contributed by atoms with Gasteiger partial charge in [0.25, 0.3) is 0 Å². The summed E-state index contributed by atoms with van der Waals surface area (Å²) in [5, 5.41) is 1.84. The minimum atomic E-state index is -3.89. The lowest BCUT2D eigenvalue weighted by Gasteiger charge is -2.19. The summed E-state index contributed by atoms with van der Waals surface area (Å²) in [6, 6.07) is 12.5. The van der Waals surface area contributed by atoms with Crippen LogP contribution < -0.4 is 10.0 Å². The topological polar surface area (TPSA) is 91.4 Å². The SMILES string of the molecule is C[C@@H](C(=O)N(C)C)S(=O)(=O)Nc1cccnc1Nc1ccccc1. The molecule has 7 nitrogen and oxygen atoms in total. The molecule has 0 saturated carbocycles. The Morgan fingerprint density at radius 3 is 2.42 bits per heavy atom. The minimum Gasteiger partial charge on any atom is -0.348 e. The Balaban J connectivity index is 2.25. The van der Waals surface area contributed by atoms with Crippen molar-refractivity contribution in [1.29, 1.82) is 0 Å². The van der Waals surface area contributed by atoms with Crippen molar-refractivity contribution >= 4 is 33.1 Å². The average molecular weight is 348 g/mol. The van der Waals surface area contributed by atoms with Gasteiger partial charge in [-0.15, -0.1) is 0 Å². The van der Waals surface area contributed by atoms with Gasteiger partial charge in [-0.3, -0.25) is 9.52 Å². The van der Waals surface area contributed by atoms with E-state index in [1.807, 2.05) is 30.3 Å². The summed E-state index contributed by atoms with van der Waals surface area (Å²) < 4.78 is 27.3. The van der Waals surface area contributed by atoms with Gasteiger partial charge in [-0.05, 0) is 31.2 Å². The fraction of sp³-hybridized carbons (Fsp3) is 0.250. The first-order valence-corrected chi connectivity index (χ1v) is 8.86. The van der Waals surface area contributed by atoms with Crippen molar-refractivity contribution < 1.29 is 13.2 Å². The lowest BCUT2D eigenvalue weighted by atomic mass is 10.3. The molecule has 0 aliphatic rings. The van der Waals surface area contributed by atoms with E-state index in [0.29, 0.717) is 5.82 Å². The minimum absolute atomic E-state index is 0.278. The number of hydrogen-bond donors (Lipinski definition) is 2. The third-order valence-corrected chi connectivity index (χ3v) is 4.99. The van der Waals surface area contributed by atoms with Gasteiger partial charge in [0, 0.05) is 26.0 Å². The lowest BCUT2D eigenvalue weighted by molar-refractivity contribution is -0.127. The van der Waals surface area contributed by atoms with Gasteiger partial charge < -0.3 is 10.2 Å². The predicted molar refractivity (Wildman–Crippen MR) is 94.7 cm³/mol. The molecule has 0 aliphatic carbocycles. The molecule has 1 aromatic carbocycles. The Labute approximate surface area is 141 Å². The molecule has 0 spiro atoms. The molecular formula is C16H20N4O3S. The van der Waals surface area contributed by atoms with Gasteiger partial charge >= 0.3 is 0 Å². The van der Waals surface area contributed by atoms with E-state index in [0.717, 1.165) is 5.69 Å². The van der Waals surface area contributed by atoms with E-state index in [1.165, 1.54) is 25.9 Å². The number of rotatable bonds is 6. The van der Waals surface area contributed by atoms with Gasteiger partial charge in [0.15, 0.2) is 11.1 Å². The Kier molecular flexibility index (Phi) is 5.40. The first-order chi connectivity index (χ1) is 11.3. The summed E-state index contributed by atoms with van der Waals surface area (Å²) in [5.74, 6) is -0.138. The molecule has 24 heavy (non-hydrogen) atoms. The Morgan fingerprint density at radius 1 is 1.12 bits per heavy atom. The molecule has 0 saturated heterocycles. The van der Waals surface area contributed by atoms with Crippen molar-refractivity contribution in [1.82, 2.24) is 9.88 Å². The molecule has 0 fully saturated rings. The molecule has 1 atom stereocenters. The molecule has 8 heteroatoms. The number of nitrogens with one attached hydrogen (secondary N) is 2. The zero-order valence-electron chi connectivity index (χ0n) is 13.7. The predicted octanol–water partition coefficient (Wildman–Crippen LogP) is 2.04. The highest BCUT2D eigenvalue weighted by Crippen LogP contribution is 2.24. The quantitative estimate of drug-likeness (QED) is 0.833. The van der Waals surface area contributed by atoms with Crippen LogP contribution in [0.15, 0.2) is 48.7 Å². The number of aromatic nitrogens is 1. The van der Waals surface area contributed by atoms with Crippen LogP contribution in [-0.2, 0) is 14.8 Å². The number of carbonyl (C=O) groups is 1. The molecule has 0 radical (unpaired) electrons. The van der Waals surface area contributed by atoms with Crippen molar-refractivity contribution in [2.75, 3.05) is 24.1 Å². The van der Waals surface area contributed by atoms with E-state index in [4.69, 9.17) is 0 Å². The van der Waals surface area contributed by atoms with Crippen molar-refractivity contribution in [3.05, 3.63) is 48.7 Å². The third kappa shape index (κ3) is 4.23. The van der Waals surface area contributed by atoms with Gasteiger partial charge in [0.2, 0.25) is 15.9 Å². The normalized spacial score (nSPS) is 12.3. The molecular weight excluding hydrogens is 328 g/mol. The summed E-state index contributed by atoms with van der Waals surface area (Å²) in [7, 11) is -0.864. The number of pyridine rings is 1. The number of anilines is 3. The molecule has 2 rings (SSSR count). The highest BCUT2D eigenvalue weighted by molar-refractivity contribution is 7.94. The highest BCUT2D eigenvalue weighted by atomic mass is 32.2. The molecule has 0 unspecified atom stereocenters. The van der Waals surface area contributed by atoms with Gasteiger partial charge in [-0.25, -0.2) is 13.4 Å². The fourth-order valence-corrected chi connectivity index (χ4v) is 3.11. The molecule has 1 heterocycles. The Bertz CT molecular complexity index is 807. The molecule has 0 aliphatic heterocycles. The van der Waals surface area contributed by atoms with Crippen LogP contribution >= 0.6 is 0 Å². The second-order valence-electron chi connectivity index (χ2n) is 5.41. The van der Waals surface area contributed by atoms with Gasteiger partial charge in [-0.1, -0.05) is 18.2 Å². The van der Waals surface area contributed by atoms with Crippen molar-refractivity contribution in [3.63, 3.8) is 0 Å². The number of hydrogen-bond acceptors (Lipinski definition) is 5. The summed E-state index contributed by atoms with van der Waals surface area (Å²) in [5.41, 5.74) is 1.05. The van der Waals surface area contributed by atoms with Crippen LogP contribution in [0, 0.1) is 0 Å². The molecule has 2 aromatic rings. The summed E-state index contributed by atoms with van der Waals surface area (Å²) in [6.07, 6.45) is 1.55. The van der Waals surface area contributed by atoms with Crippen molar-refractivity contribution in [2.24, 2.45) is 0 Å². The van der Waals surface area contributed by atoms with Crippen LogP contribution in [0.5, 0.6) is 0 Å². The standard InChI is InChI=1S/C16H20N4O3S/c1-12(16(21)20(2)3)24(22,23)19-14-10-7-11-17-15(14)18-13-8-5-4-6-9-13/h4-12,19H,1-3H3,(H,17,18)/t12-/m0/s1. The highest BCUT2D eigenvalue weighted by Gasteiger charge is 2.29. The maximum atomic E-state index is 12.4. The van der Waals surface area contributed by atoms with E-state index < -0.39 is 21.2 Å². The average Bonchev–Trinajstić information content (AvgIpc) is 2.56. The first-order valence-electron chi connectivity index (χ1n) is 7.31. The van der Waals surface area contributed by atoms with Crippen molar-refractivity contribution in [3.8, 4) is 0 Å². The van der Waals surface area contributed by atoms with Crippen LogP contribution in [-0.4, -0.2) is 43.6 Å². The van der Waals surface area contributed by atoms with E-state index >= 15 is 0 Å². The van der Waals surface area contributed by atoms with Crippen LogP contribution in [0.1, 0.15) is 6.92 Å². The second-order valence-corrected chi connectivity index (χ2v) is 7.41. The molecule has 0 bridgehead atoms. The largest absolute Gasteiger partial charge is 0.348 e. The third-order valence-electron chi connectivity index (χ3n) is 3.35. The Hall–Kier alpha value is -2.61. The maximum absolute atomic E-state index is 12.4. The van der Waals surface area contributed by atoms with Gasteiger partial charge in [0.1, 0.15) is 0 Å². The number of amides is 1. The molecule has 128 valence electrons. The van der Waals surface area contributed by atoms with Crippen molar-refractivity contribution in [2.45, 2.75) is 12.2 Å². The fourth-order valence-electron chi connectivity index (χ4n) is 1.98. The van der Waals surface area contributed by atoms with Gasteiger partial charge in [0.05, 0.1) is 5.69 Å². The zero-order valence-corrected chi connectivity index (χ0v) is 14.5. The summed E-state index contributed by atoms with van der Waals surface area (Å²) in [4.78, 5) is 17.3. The summed E-state index contributed by atoms with van der Waals surface area (Å²) >= 11 is 0.